The van der Waals surface area contributed by atoms with Crippen LogP contribution >= 0.6 is 12.2 Å². The highest BCUT2D eigenvalue weighted by Crippen LogP contribution is 2.12. The third-order valence-corrected chi connectivity index (χ3v) is 3.62. The first-order valence-corrected chi connectivity index (χ1v) is 7.51. The van der Waals surface area contributed by atoms with Crippen molar-refractivity contribution in [3.05, 3.63) is 20.7 Å². The Balaban J connectivity index is 3.02. The van der Waals surface area contributed by atoms with E-state index in [2.05, 4.69) is 9.73 Å². The summed E-state index contributed by atoms with van der Waals surface area (Å²) in [5.41, 5.74) is -0.262. The van der Waals surface area contributed by atoms with Gasteiger partial charge in [0, 0.05) is 32.3 Å². The van der Waals surface area contributed by atoms with Crippen molar-refractivity contribution in [1.29, 1.82) is 0 Å². The molecule has 0 unspecified atom stereocenters. The summed E-state index contributed by atoms with van der Waals surface area (Å²) in [5, 5.41) is 10.2. The first-order chi connectivity index (χ1) is 10.5. The minimum atomic E-state index is -0.369. The van der Waals surface area contributed by atoms with E-state index in [1.54, 1.807) is 0 Å². The van der Waals surface area contributed by atoms with Gasteiger partial charge >= 0.3 is 5.97 Å². The molecule has 1 rings (SSSR count). The van der Waals surface area contributed by atoms with Crippen LogP contribution in [0.5, 0.6) is 5.88 Å². The Bertz CT molecular complexity index is 676. The summed E-state index contributed by atoms with van der Waals surface area (Å²) in [6, 6.07) is 0. The Labute approximate surface area is 133 Å². The Morgan fingerprint density at radius 3 is 2.55 bits per heavy atom. The normalized spacial score (nSPS) is 11.0. The standard InChI is InChI=1S/C14H21N3O4S/c1-4-16-12(19)10(13(20)17(5-2)14(16)22)9-15-8-6-7-11(18)21-3/h9,19H,4-8H2,1-3H3. The second kappa shape index (κ2) is 8.47. The van der Waals surface area contributed by atoms with Gasteiger partial charge in [-0.15, -0.1) is 0 Å². The fourth-order valence-electron chi connectivity index (χ4n) is 1.96. The fraction of sp³-hybridized carbons (Fsp3) is 0.571. The number of aromatic nitrogens is 2. The van der Waals surface area contributed by atoms with E-state index >= 15 is 0 Å². The van der Waals surface area contributed by atoms with Gasteiger partial charge in [0.1, 0.15) is 5.56 Å². The molecule has 0 radical (unpaired) electrons. The quantitative estimate of drug-likeness (QED) is 0.355. The van der Waals surface area contributed by atoms with Crippen LogP contribution in [-0.4, -0.2) is 40.1 Å². The Kier molecular flexibility index (Phi) is 6.97. The van der Waals surface area contributed by atoms with Crippen molar-refractivity contribution in [3.63, 3.8) is 0 Å². The fourth-order valence-corrected chi connectivity index (χ4v) is 2.39. The summed E-state index contributed by atoms with van der Waals surface area (Å²) in [5.74, 6) is -0.482. The molecule has 1 aromatic rings. The van der Waals surface area contributed by atoms with Gasteiger partial charge in [-0.25, -0.2) is 0 Å². The molecule has 0 aromatic carbocycles. The molecule has 0 saturated heterocycles. The van der Waals surface area contributed by atoms with Crippen molar-refractivity contribution in [2.75, 3.05) is 13.7 Å². The summed E-state index contributed by atoms with van der Waals surface area (Å²) < 4.78 is 7.71. The molecule has 0 fully saturated rings. The zero-order chi connectivity index (χ0) is 16.7. The highest BCUT2D eigenvalue weighted by molar-refractivity contribution is 7.71. The summed E-state index contributed by atoms with van der Waals surface area (Å²) in [7, 11) is 1.33. The average Bonchev–Trinajstić information content (AvgIpc) is 2.50. The van der Waals surface area contributed by atoms with Crippen LogP contribution in [0, 0.1) is 4.77 Å². The van der Waals surface area contributed by atoms with Crippen LogP contribution < -0.4 is 5.56 Å². The lowest BCUT2D eigenvalue weighted by molar-refractivity contribution is -0.140. The summed E-state index contributed by atoms with van der Waals surface area (Å²) in [4.78, 5) is 27.4. The second-order valence-corrected chi connectivity index (χ2v) is 4.89. The number of ether oxygens (including phenoxy) is 1. The van der Waals surface area contributed by atoms with E-state index in [-0.39, 0.29) is 34.2 Å². The molecule has 1 aromatic heterocycles. The maximum absolute atomic E-state index is 12.3. The van der Waals surface area contributed by atoms with Gasteiger partial charge in [-0.05, 0) is 32.5 Å². The highest BCUT2D eigenvalue weighted by atomic mass is 32.1. The third-order valence-electron chi connectivity index (χ3n) is 3.18. The minimum Gasteiger partial charge on any atom is -0.494 e. The highest BCUT2D eigenvalue weighted by Gasteiger charge is 2.13. The molecule has 0 aliphatic heterocycles. The molecule has 0 aliphatic carbocycles. The monoisotopic (exact) mass is 327 g/mol. The number of aliphatic imine (C=N–C) groups is 1. The Morgan fingerprint density at radius 1 is 1.36 bits per heavy atom. The van der Waals surface area contributed by atoms with Crippen LogP contribution in [0.15, 0.2) is 9.79 Å². The largest absolute Gasteiger partial charge is 0.494 e. The number of methoxy groups -OCH3 is 1. The first-order valence-electron chi connectivity index (χ1n) is 7.11. The van der Waals surface area contributed by atoms with E-state index in [9.17, 15) is 14.7 Å². The number of hydrogen-bond acceptors (Lipinski definition) is 6. The SMILES string of the molecule is CCn1c(O)c(C=NCCCC(=O)OC)c(=O)n(CC)c1=S. The molecule has 0 bridgehead atoms. The zero-order valence-electron chi connectivity index (χ0n) is 13.0. The van der Waals surface area contributed by atoms with Gasteiger partial charge in [0.25, 0.3) is 5.56 Å². The van der Waals surface area contributed by atoms with E-state index in [1.807, 2.05) is 13.8 Å². The van der Waals surface area contributed by atoms with Crippen molar-refractivity contribution in [2.24, 2.45) is 4.99 Å². The van der Waals surface area contributed by atoms with Crippen LogP contribution in [0.1, 0.15) is 32.3 Å². The molecule has 0 spiro atoms. The zero-order valence-corrected chi connectivity index (χ0v) is 13.9. The first kappa shape index (κ1) is 18.1. The van der Waals surface area contributed by atoms with Gasteiger partial charge in [0.15, 0.2) is 4.77 Å². The number of esters is 1. The maximum Gasteiger partial charge on any atom is 0.305 e. The number of hydrogen-bond donors (Lipinski definition) is 1. The number of rotatable bonds is 7. The predicted molar refractivity (Wildman–Crippen MR) is 86.2 cm³/mol. The molecule has 122 valence electrons. The molecule has 1 heterocycles. The number of carbonyl (C=O) groups excluding carboxylic acids is 1. The predicted octanol–water partition coefficient (Wildman–Crippen LogP) is 1.50. The Hall–Kier alpha value is -1.96. The van der Waals surface area contributed by atoms with Crippen molar-refractivity contribution in [1.82, 2.24) is 9.13 Å². The van der Waals surface area contributed by atoms with Crippen LogP contribution in [0.25, 0.3) is 0 Å². The lowest BCUT2D eigenvalue weighted by Crippen LogP contribution is -2.28. The Morgan fingerprint density at radius 2 is 2.00 bits per heavy atom. The summed E-state index contributed by atoms with van der Waals surface area (Å²) in [6.07, 6.45) is 2.11. The molecule has 0 saturated carbocycles. The summed E-state index contributed by atoms with van der Waals surface area (Å²) >= 11 is 5.19. The van der Waals surface area contributed by atoms with Crippen molar-refractivity contribution < 1.29 is 14.6 Å². The molecule has 8 heteroatoms. The van der Waals surface area contributed by atoms with Crippen molar-refractivity contribution >= 4 is 24.4 Å². The molecule has 7 nitrogen and oxygen atoms in total. The van der Waals surface area contributed by atoms with Gasteiger partial charge in [-0.1, -0.05) is 0 Å². The van der Waals surface area contributed by atoms with Crippen LogP contribution in [-0.2, 0) is 22.6 Å². The number of carbonyl (C=O) groups is 1. The topological polar surface area (TPSA) is 85.8 Å². The van der Waals surface area contributed by atoms with E-state index in [0.29, 0.717) is 26.1 Å². The second-order valence-electron chi connectivity index (χ2n) is 4.53. The molecular formula is C14H21N3O4S. The molecule has 0 atom stereocenters. The molecule has 0 aliphatic rings. The average molecular weight is 327 g/mol. The minimum absolute atomic E-state index is 0.107. The third kappa shape index (κ3) is 4.03. The smallest absolute Gasteiger partial charge is 0.305 e. The van der Waals surface area contributed by atoms with E-state index in [4.69, 9.17) is 12.2 Å². The van der Waals surface area contributed by atoms with Crippen molar-refractivity contribution in [2.45, 2.75) is 39.8 Å². The van der Waals surface area contributed by atoms with E-state index in [1.165, 1.54) is 22.5 Å². The van der Waals surface area contributed by atoms with Crippen molar-refractivity contribution in [3.8, 4) is 5.88 Å². The van der Waals surface area contributed by atoms with Gasteiger partial charge in [0.05, 0.1) is 7.11 Å². The molecule has 1 N–H and O–H groups in total. The van der Waals surface area contributed by atoms with Gasteiger partial charge < -0.3 is 9.84 Å². The van der Waals surface area contributed by atoms with Crippen LogP contribution in [0.4, 0.5) is 0 Å². The lowest BCUT2D eigenvalue weighted by Gasteiger charge is -2.13. The summed E-state index contributed by atoms with van der Waals surface area (Å²) in [6.45, 7) is 4.87. The number of nitrogens with zero attached hydrogens (tertiary/aromatic N) is 3. The van der Waals surface area contributed by atoms with E-state index < -0.39 is 0 Å². The van der Waals surface area contributed by atoms with Gasteiger partial charge in [-0.3, -0.25) is 23.7 Å². The number of aromatic hydroxyl groups is 1. The van der Waals surface area contributed by atoms with Gasteiger partial charge in [0.2, 0.25) is 5.88 Å². The van der Waals surface area contributed by atoms with Crippen LogP contribution in [0.2, 0.25) is 0 Å². The van der Waals surface area contributed by atoms with E-state index in [0.717, 1.165) is 0 Å². The molecule has 22 heavy (non-hydrogen) atoms. The van der Waals surface area contributed by atoms with Gasteiger partial charge in [-0.2, -0.15) is 0 Å². The molecule has 0 amide bonds. The molecular weight excluding hydrogens is 306 g/mol. The van der Waals surface area contributed by atoms with Crippen LogP contribution in [0.3, 0.4) is 0 Å². The lowest BCUT2D eigenvalue weighted by atomic mass is 10.3. The maximum atomic E-state index is 12.3.